The number of hydrogen-bond acceptors (Lipinski definition) is 3. The molecule has 158 valence electrons. The highest BCUT2D eigenvalue weighted by atomic mass is 32.2. The Kier molecular flexibility index (Phi) is 5.90. The van der Waals surface area contributed by atoms with Crippen molar-refractivity contribution in [2.75, 3.05) is 5.32 Å². The summed E-state index contributed by atoms with van der Waals surface area (Å²) in [4.78, 5) is 15.5. The Morgan fingerprint density at radius 3 is 2.70 bits per heavy atom. The van der Waals surface area contributed by atoms with Crippen LogP contribution in [-0.2, 0) is 26.8 Å². The van der Waals surface area contributed by atoms with E-state index in [1.54, 1.807) is 36.5 Å². The molecule has 3 aromatic rings. The number of sulfone groups is 1. The third kappa shape index (κ3) is 4.73. The molecule has 1 aromatic heterocycles. The number of H-pyrrole nitrogens is 1. The normalized spacial score (nSPS) is 15.4. The zero-order chi connectivity index (χ0) is 21.1. The molecule has 1 fully saturated rings. The van der Waals surface area contributed by atoms with E-state index in [4.69, 9.17) is 0 Å². The molecule has 30 heavy (non-hydrogen) atoms. The predicted molar refractivity (Wildman–Crippen MR) is 117 cm³/mol. The molecule has 0 radical (unpaired) electrons. The molecule has 1 heterocycles. The van der Waals surface area contributed by atoms with Crippen molar-refractivity contribution in [3.05, 3.63) is 65.6 Å². The van der Waals surface area contributed by atoms with Gasteiger partial charge in [0.25, 0.3) is 0 Å². The minimum Gasteiger partial charge on any atom is -0.361 e. The summed E-state index contributed by atoms with van der Waals surface area (Å²) >= 11 is 0. The summed E-state index contributed by atoms with van der Waals surface area (Å²) in [5, 5.41) is 3.39. The van der Waals surface area contributed by atoms with Gasteiger partial charge in [-0.3, -0.25) is 4.79 Å². The standard InChI is InChI=1S/C23H25FN2O3S/c24-18-9-10-21-17(14-25-22(21)13-18)12-23(27)26-19-6-4-5-16(11-19)15-30(28,29)20-7-2-1-3-8-20/h4-6,9-11,13-14,20,25H,1-3,7-8,12,15H2,(H,26,27). The van der Waals surface area contributed by atoms with Gasteiger partial charge in [0.1, 0.15) is 5.82 Å². The van der Waals surface area contributed by atoms with E-state index >= 15 is 0 Å². The summed E-state index contributed by atoms with van der Waals surface area (Å²) in [6, 6.07) is 11.4. The third-order valence-corrected chi connectivity index (χ3v) is 7.94. The van der Waals surface area contributed by atoms with Crippen molar-refractivity contribution in [1.82, 2.24) is 4.98 Å². The number of rotatable bonds is 6. The summed E-state index contributed by atoms with van der Waals surface area (Å²) < 4.78 is 38.8. The number of aromatic nitrogens is 1. The SMILES string of the molecule is O=C(Cc1c[nH]c2cc(F)ccc12)Nc1cccc(CS(=O)(=O)C2CCCCC2)c1. The van der Waals surface area contributed by atoms with Gasteiger partial charge < -0.3 is 10.3 Å². The van der Waals surface area contributed by atoms with Gasteiger partial charge in [-0.2, -0.15) is 0 Å². The van der Waals surface area contributed by atoms with Crippen LogP contribution in [0.15, 0.2) is 48.7 Å². The molecule has 0 spiro atoms. The van der Waals surface area contributed by atoms with Crippen LogP contribution in [0, 0.1) is 5.82 Å². The molecule has 1 amide bonds. The maximum Gasteiger partial charge on any atom is 0.228 e. The zero-order valence-corrected chi connectivity index (χ0v) is 17.5. The Morgan fingerprint density at radius 2 is 1.90 bits per heavy atom. The van der Waals surface area contributed by atoms with Gasteiger partial charge in [-0.15, -0.1) is 0 Å². The van der Waals surface area contributed by atoms with Gasteiger partial charge in [0.15, 0.2) is 9.84 Å². The number of hydrogen-bond donors (Lipinski definition) is 2. The highest BCUT2D eigenvalue weighted by molar-refractivity contribution is 7.91. The van der Waals surface area contributed by atoms with Crippen LogP contribution in [-0.4, -0.2) is 24.6 Å². The largest absolute Gasteiger partial charge is 0.361 e. The molecule has 4 rings (SSSR count). The number of fused-ring (bicyclic) bond motifs is 1. The van der Waals surface area contributed by atoms with Gasteiger partial charge in [-0.1, -0.05) is 31.4 Å². The predicted octanol–water partition coefficient (Wildman–Crippen LogP) is 4.74. The number of carbonyl (C=O) groups is 1. The van der Waals surface area contributed by atoms with Crippen molar-refractivity contribution in [3.63, 3.8) is 0 Å². The smallest absolute Gasteiger partial charge is 0.228 e. The van der Waals surface area contributed by atoms with Crippen molar-refractivity contribution in [2.24, 2.45) is 0 Å². The highest BCUT2D eigenvalue weighted by Gasteiger charge is 2.27. The minimum absolute atomic E-state index is 0.00457. The maximum absolute atomic E-state index is 13.3. The van der Waals surface area contributed by atoms with E-state index in [9.17, 15) is 17.6 Å². The van der Waals surface area contributed by atoms with Crippen LogP contribution in [0.3, 0.4) is 0 Å². The number of amides is 1. The average Bonchev–Trinajstić information content (AvgIpc) is 3.10. The molecule has 2 N–H and O–H groups in total. The van der Waals surface area contributed by atoms with E-state index in [1.807, 2.05) is 0 Å². The zero-order valence-electron chi connectivity index (χ0n) is 16.7. The fourth-order valence-electron chi connectivity index (χ4n) is 4.20. The first-order valence-corrected chi connectivity index (χ1v) is 12.0. The van der Waals surface area contributed by atoms with Gasteiger partial charge in [0, 0.05) is 22.8 Å². The van der Waals surface area contributed by atoms with Crippen LogP contribution < -0.4 is 5.32 Å². The summed E-state index contributed by atoms with van der Waals surface area (Å²) in [6.45, 7) is 0. The molecule has 0 bridgehead atoms. The number of benzene rings is 2. The van der Waals surface area contributed by atoms with Gasteiger partial charge >= 0.3 is 0 Å². The van der Waals surface area contributed by atoms with Gasteiger partial charge in [0.2, 0.25) is 5.91 Å². The van der Waals surface area contributed by atoms with E-state index in [-0.39, 0.29) is 29.1 Å². The van der Waals surface area contributed by atoms with Crippen molar-refractivity contribution < 1.29 is 17.6 Å². The van der Waals surface area contributed by atoms with Crippen molar-refractivity contribution in [1.29, 1.82) is 0 Å². The molecule has 1 saturated carbocycles. The van der Waals surface area contributed by atoms with E-state index in [2.05, 4.69) is 10.3 Å². The lowest BCUT2D eigenvalue weighted by atomic mass is 10.0. The first-order chi connectivity index (χ1) is 14.4. The Balaban J connectivity index is 1.42. The molecule has 0 atom stereocenters. The van der Waals surface area contributed by atoms with E-state index in [1.165, 1.54) is 12.1 Å². The van der Waals surface area contributed by atoms with E-state index in [0.29, 0.717) is 16.8 Å². The van der Waals surface area contributed by atoms with Crippen molar-refractivity contribution in [3.8, 4) is 0 Å². The molecule has 5 nitrogen and oxygen atoms in total. The fraction of sp³-hybridized carbons (Fsp3) is 0.348. The average molecular weight is 429 g/mol. The first kappa shape index (κ1) is 20.6. The number of carbonyl (C=O) groups excluding carboxylic acids is 1. The number of halogens is 1. The minimum atomic E-state index is -3.20. The second-order valence-corrected chi connectivity index (χ2v) is 10.3. The molecule has 0 saturated heterocycles. The van der Waals surface area contributed by atoms with Crippen LogP contribution in [0.5, 0.6) is 0 Å². The molecule has 1 aliphatic rings. The maximum atomic E-state index is 13.3. The van der Waals surface area contributed by atoms with Crippen LogP contribution in [0.25, 0.3) is 10.9 Å². The lowest BCUT2D eigenvalue weighted by molar-refractivity contribution is -0.115. The Labute approximate surface area is 175 Å². The second kappa shape index (κ2) is 8.60. The van der Waals surface area contributed by atoms with E-state index < -0.39 is 9.84 Å². The van der Waals surface area contributed by atoms with Crippen LogP contribution in [0.2, 0.25) is 0 Å². The first-order valence-electron chi connectivity index (χ1n) is 10.3. The van der Waals surface area contributed by atoms with Crippen LogP contribution in [0.4, 0.5) is 10.1 Å². The molecule has 2 aromatic carbocycles. The number of anilines is 1. The topological polar surface area (TPSA) is 79.0 Å². The summed E-state index contributed by atoms with van der Waals surface area (Å²) in [5.74, 6) is -0.553. The van der Waals surface area contributed by atoms with Crippen molar-refractivity contribution in [2.45, 2.75) is 49.5 Å². The Morgan fingerprint density at radius 1 is 1.10 bits per heavy atom. The third-order valence-electron chi connectivity index (χ3n) is 5.72. The van der Waals surface area contributed by atoms with Crippen LogP contribution in [0.1, 0.15) is 43.2 Å². The Bertz CT molecular complexity index is 1160. The highest BCUT2D eigenvalue weighted by Crippen LogP contribution is 2.27. The molecule has 0 aliphatic heterocycles. The second-order valence-electron chi connectivity index (χ2n) is 8.00. The van der Waals surface area contributed by atoms with Gasteiger partial charge in [0.05, 0.1) is 17.4 Å². The lowest BCUT2D eigenvalue weighted by Gasteiger charge is -2.21. The number of nitrogens with one attached hydrogen (secondary N) is 2. The molecular formula is C23H25FN2O3S. The monoisotopic (exact) mass is 428 g/mol. The van der Waals surface area contributed by atoms with Gasteiger partial charge in [-0.25, -0.2) is 12.8 Å². The van der Waals surface area contributed by atoms with Crippen LogP contribution >= 0.6 is 0 Å². The quantitative estimate of drug-likeness (QED) is 0.595. The molecule has 1 aliphatic carbocycles. The number of aromatic amines is 1. The summed E-state index contributed by atoms with van der Waals surface area (Å²) in [5.41, 5.74) is 2.68. The Hall–Kier alpha value is -2.67. The van der Waals surface area contributed by atoms with Gasteiger partial charge in [-0.05, 0) is 54.3 Å². The molecule has 0 unspecified atom stereocenters. The lowest BCUT2D eigenvalue weighted by Crippen LogP contribution is -2.25. The molecule has 7 heteroatoms. The fourth-order valence-corrected chi connectivity index (χ4v) is 6.13. The van der Waals surface area contributed by atoms with E-state index in [0.717, 1.165) is 43.1 Å². The van der Waals surface area contributed by atoms with Crippen molar-refractivity contribution >= 4 is 32.3 Å². The molecular weight excluding hydrogens is 403 g/mol. The summed E-state index contributed by atoms with van der Waals surface area (Å²) in [7, 11) is -3.20. The summed E-state index contributed by atoms with van der Waals surface area (Å²) in [6.07, 6.45) is 6.38.